The van der Waals surface area contributed by atoms with Crippen LogP contribution in [0.4, 0.5) is 0 Å². The van der Waals surface area contributed by atoms with E-state index in [1.807, 2.05) is 0 Å². The van der Waals surface area contributed by atoms with E-state index in [0.29, 0.717) is 12.6 Å². The van der Waals surface area contributed by atoms with Gasteiger partial charge in [0, 0.05) is 30.9 Å². The Morgan fingerprint density at radius 3 is 3.00 bits per heavy atom. The summed E-state index contributed by atoms with van der Waals surface area (Å²) in [4.78, 5) is 7.15. The summed E-state index contributed by atoms with van der Waals surface area (Å²) in [5, 5.41) is 3.36. The molecule has 0 radical (unpaired) electrons. The summed E-state index contributed by atoms with van der Waals surface area (Å²) in [6, 6.07) is 0.703. The Morgan fingerprint density at radius 1 is 1.56 bits per heavy atom. The van der Waals surface area contributed by atoms with Crippen LogP contribution in [0.1, 0.15) is 31.0 Å². The number of nitrogens with two attached hydrogens (primary N) is 1. The molecule has 0 bridgehead atoms. The second kappa shape index (κ2) is 5.25. The molecular weight excluding hydrogens is 218 g/mol. The Kier molecular flexibility index (Phi) is 3.95. The molecule has 1 aromatic heterocycles. The zero-order valence-electron chi connectivity index (χ0n) is 10.1. The Hall–Kier alpha value is -0.450. The number of nitrogens with zero attached hydrogens (tertiary/aromatic N) is 2. The van der Waals surface area contributed by atoms with Gasteiger partial charge >= 0.3 is 0 Å². The lowest BCUT2D eigenvalue weighted by Crippen LogP contribution is -2.26. The van der Waals surface area contributed by atoms with Crippen LogP contribution in [0.25, 0.3) is 0 Å². The molecule has 0 saturated carbocycles. The Bertz CT molecular complexity index is 337. The SMILES string of the molecule is CC1CC(C)N(Cc2csc(CCN)n2)C1. The number of rotatable bonds is 4. The van der Waals surface area contributed by atoms with E-state index >= 15 is 0 Å². The van der Waals surface area contributed by atoms with Gasteiger partial charge in [-0.25, -0.2) is 4.98 Å². The van der Waals surface area contributed by atoms with E-state index in [1.54, 1.807) is 11.3 Å². The second-order valence-electron chi connectivity index (χ2n) is 4.89. The van der Waals surface area contributed by atoms with Crippen molar-refractivity contribution in [1.82, 2.24) is 9.88 Å². The van der Waals surface area contributed by atoms with Gasteiger partial charge in [-0.3, -0.25) is 4.90 Å². The summed E-state index contributed by atoms with van der Waals surface area (Å²) in [5.41, 5.74) is 6.75. The molecule has 2 atom stereocenters. The zero-order valence-corrected chi connectivity index (χ0v) is 11.0. The Labute approximate surface area is 102 Å². The van der Waals surface area contributed by atoms with Gasteiger partial charge in [0.05, 0.1) is 10.7 Å². The smallest absolute Gasteiger partial charge is 0.0941 e. The van der Waals surface area contributed by atoms with Crippen LogP contribution in [-0.2, 0) is 13.0 Å². The van der Waals surface area contributed by atoms with Crippen molar-refractivity contribution in [3.05, 3.63) is 16.1 Å². The van der Waals surface area contributed by atoms with E-state index in [-0.39, 0.29) is 0 Å². The molecule has 16 heavy (non-hydrogen) atoms. The monoisotopic (exact) mass is 239 g/mol. The maximum atomic E-state index is 5.53. The molecule has 2 N–H and O–H groups in total. The summed E-state index contributed by atoms with van der Waals surface area (Å²) in [7, 11) is 0. The molecule has 1 aromatic rings. The van der Waals surface area contributed by atoms with Crippen LogP contribution in [0.5, 0.6) is 0 Å². The zero-order chi connectivity index (χ0) is 11.5. The molecule has 0 aromatic carbocycles. The number of likely N-dealkylation sites (tertiary alicyclic amines) is 1. The Balaban J connectivity index is 1.93. The van der Waals surface area contributed by atoms with Crippen molar-refractivity contribution < 1.29 is 0 Å². The molecule has 1 aliphatic heterocycles. The van der Waals surface area contributed by atoms with Gasteiger partial charge in [-0.2, -0.15) is 0 Å². The van der Waals surface area contributed by atoms with Gasteiger partial charge in [-0.15, -0.1) is 11.3 Å². The minimum absolute atomic E-state index is 0.699. The van der Waals surface area contributed by atoms with E-state index in [9.17, 15) is 0 Å². The average Bonchev–Trinajstić information content (AvgIpc) is 2.76. The predicted molar refractivity (Wildman–Crippen MR) is 68.5 cm³/mol. The highest BCUT2D eigenvalue weighted by atomic mass is 32.1. The lowest BCUT2D eigenvalue weighted by atomic mass is 10.1. The van der Waals surface area contributed by atoms with Crippen LogP contribution in [0.2, 0.25) is 0 Å². The first-order valence-corrected chi connectivity index (χ1v) is 6.94. The summed E-state index contributed by atoms with van der Waals surface area (Å²) in [6.07, 6.45) is 2.23. The lowest BCUT2D eigenvalue weighted by Gasteiger charge is -2.19. The summed E-state index contributed by atoms with van der Waals surface area (Å²) in [6.45, 7) is 7.57. The highest BCUT2D eigenvalue weighted by molar-refractivity contribution is 7.09. The molecule has 0 spiro atoms. The van der Waals surface area contributed by atoms with Crippen LogP contribution >= 0.6 is 11.3 Å². The first-order valence-electron chi connectivity index (χ1n) is 6.06. The normalized spacial score (nSPS) is 26.4. The summed E-state index contributed by atoms with van der Waals surface area (Å²) >= 11 is 1.74. The van der Waals surface area contributed by atoms with Crippen molar-refractivity contribution in [2.24, 2.45) is 11.7 Å². The number of hydrogen-bond donors (Lipinski definition) is 1. The van der Waals surface area contributed by atoms with Crippen molar-refractivity contribution >= 4 is 11.3 Å². The van der Waals surface area contributed by atoms with Crippen LogP contribution in [0.15, 0.2) is 5.38 Å². The Morgan fingerprint density at radius 2 is 2.38 bits per heavy atom. The largest absolute Gasteiger partial charge is 0.330 e. The summed E-state index contributed by atoms with van der Waals surface area (Å²) in [5.74, 6) is 0.831. The fraction of sp³-hybridized carbons (Fsp3) is 0.750. The minimum Gasteiger partial charge on any atom is -0.330 e. The van der Waals surface area contributed by atoms with Gasteiger partial charge in [0.1, 0.15) is 0 Å². The lowest BCUT2D eigenvalue weighted by molar-refractivity contribution is 0.254. The van der Waals surface area contributed by atoms with E-state index < -0.39 is 0 Å². The van der Waals surface area contributed by atoms with Crippen LogP contribution < -0.4 is 5.73 Å². The molecule has 2 rings (SSSR count). The van der Waals surface area contributed by atoms with Crippen molar-refractivity contribution in [3.63, 3.8) is 0 Å². The summed E-state index contributed by atoms with van der Waals surface area (Å²) < 4.78 is 0. The molecule has 4 heteroatoms. The fourth-order valence-corrected chi connectivity index (χ4v) is 3.28. The van der Waals surface area contributed by atoms with Crippen LogP contribution in [0, 0.1) is 5.92 Å². The first-order chi connectivity index (χ1) is 7.69. The van der Waals surface area contributed by atoms with Crippen molar-refractivity contribution in [3.8, 4) is 0 Å². The fourth-order valence-electron chi connectivity index (χ4n) is 2.47. The van der Waals surface area contributed by atoms with Crippen LogP contribution in [-0.4, -0.2) is 29.0 Å². The third-order valence-corrected chi connectivity index (χ3v) is 4.19. The van der Waals surface area contributed by atoms with Gasteiger partial charge in [-0.05, 0) is 25.8 Å². The highest BCUT2D eigenvalue weighted by Gasteiger charge is 2.26. The predicted octanol–water partition coefficient (Wildman–Crippen LogP) is 1.87. The van der Waals surface area contributed by atoms with E-state index in [2.05, 4.69) is 29.1 Å². The van der Waals surface area contributed by atoms with E-state index in [4.69, 9.17) is 5.73 Å². The number of aromatic nitrogens is 1. The van der Waals surface area contributed by atoms with Crippen molar-refractivity contribution in [2.75, 3.05) is 13.1 Å². The molecule has 1 aliphatic rings. The van der Waals surface area contributed by atoms with Gasteiger partial charge in [-0.1, -0.05) is 6.92 Å². The van der Waals surface area contributed by atoms with Crippen molar-refractivity contribution in [1.29, 1.82) is 0 Å². The third kappa shape index (κ3) is 2.81. The maximum absolute atomic E-state index is 5.53. The molecule has 1 fully saturated rings. The van der Waals surface area contributed by atoms with Gasteiger partial charge in [0.25, 0.3) is 0 Å². The van der Waals surface area contributed by atoms with Gasteiger partial charge in [0.15, 0.2) is 0 Å². The number of thiazole rings is 1. The van der Waals surface area contributed by atoms with Gasteiger partial charge in [0.2, 0.25) is 0 Å². The quantitative estimate of drug-likeness (QED) is 0.872. The second-order valence-corrected chi connectivity index (χ2v) is 5.83. The van der Waals surface area contributed by atoms with Crippen molar-refractivity contribution in [2.45, 2.75) is 39.3 Å². The molecule has 1 saturated heterocycles. The molecule has 2 heterocycles. The molecule has 2 unspecified atom stereocenters. The molecule has 3 nitrogen and oxygen atoms in total. The van der Waals surface area contributed by atoms with Crippen LogP contribution in [0.3, 0.4) is 0 Å². The topological polar surface area (TPSA) is 42.1 Å². The minimum atomic E-state index is 0.699. The van der Waals surface area contributed by atoms with E-state index in [1.165, 1.54) is 23.7 Å². The van der Waals surface area contributed by atoms with Gasteiger partial charge < -0.3 is 5.73 Å². The maximum Gasteiger partial charge on any atom is 0.0941 e. The number of hydrogen-bond acceptors (Lipinski definition) is 4. The molecular formula is C12H21N3S. The molecule has 90 valence electrons. The molecule has 0 aliphatic carbocycles. The highest BCUT2D eigenvalue weighted by Crippen LogP contribution is 2.24. The standard InChI is InChI=1S/C12H21N3S/c1-9-5-10(2)15(6-9)7-11-8-16-12(14-11)3-4-13/h8-10H,3-7,13H2,1-2H3. The first kappa shape index (κ1) is 12.0. The van der Waals surface area contributed by atoms with E-state index in [0.717, 1.165) is 18.9 Å². The third-order valence-electron chi connectivity index (χ3n) is 3.24. The average molecular weight is 239 g/mol. The molecule has 0 amide bonds.